The first-order valence-corrected chi connectivity index (χ1v) is 9.37. The van der Waals surface area contributed by atoms with Crippen molar-refractivity contribution in [1.29, 1.82) is 0 Å². The van der Waals surface area contributed by atoms with Gasteiger partial charge < -0.3 is 14.2 Å². The molecule has 8 nitrogen and oxygen atoms in total. The minimum absolute atomic E-state index is 0.119. The average Bonchev–Trinajstić information content (AvgIpc) is 2.65. The minimum Gasteiger partial charge on any atom is -0.444 e. The Bertz CT molecular complexity index is 686. The first-order chi connectivity index (χ1) is 11.0. The predicted octanol–water partition coefficient (Wildman–Crippen LogP) is 1.92. The van der Waals surface area contributed by atoms with Gasteiger partial charge in [-0.1, -0.05) is 5.16 Å². The second kappa shape index (κ2) is 6.72. The summed E-state index contributed by atoms with van der Waals surface area (Å²) >= 11 is 0. The molecule has 2 heterocycles. The highest BCUT2D eigenvalue weighted by Gasteiger charge is 2.33. The lowest BCUT2D eigenvalue weighted by atomic mass is 10.2. The molecule has 2 rings (SSSR count). The predicted molar refractivity (Wildman–Crippen MR) is 87.2 cm³/mol. The Kier molecular flexibility index (Phi) is 5.24. The number of hydrogen-bond donors (Lipinski definition) is 0. The largest absolute Gasteiger partial charge is 0.444 e. The Morgan fingerprint density at radius 3 is 2.38 bits per heavy atom. The van der Waals surface area contributed by atoms with E-state index in [9.17, 15) is 13.2 Å². The molecule has 1 fully saturated rings. The number of hydrogen-bond acceptors (Lipinski definition) is 6. The highest BCUT2D eigenvalue weighted by atomic mass is 32.2. The van der Waals surface area contributed by atoms with Crippen molar-refractivity contribution in [3.8, 4) is 0 Å². The van der Waals surface area contributed by atoms with E-state index in [4.69, 9.17) is 9.26 Å². The molecule has 0 atom stereocenters. The van der Waals surface area contributed by atoms with Gasteiger partial charge in [-0.2, -0.15) is 4.31 Å². The molecule has 0 bridgehead atoms. The van der Waals surface area contributed by atoms with Crippen molar-refractivity contribution in [1.82, 2.24) is 14.4 Å². The van der Waals surface area contributed by atoms with E-state index in [2.05, 4.69) is 5.16 Å². The lowest BCUT2D eigenvalue weighted by Gasteiger charge is -2.26. The van der Waals surface area contributed by atoms with Crippen molar-refractivity contribution in [2.24, 2.45) is 0 Å². The third kappa shape index (κ3) is 4.07. The van der Waals surface area contributed by atoms with E-state index in [1.54, 1.807) is 39.5 Å². The van der Waals surface area contributed by atoms with Crippen LogP contribution in [0.1, 0.15) is 38.6 Å². The quantitative estimate of drug-likeness (QED) is 0.801. The molecule has 0 radical (unpaired) electrons. The van der Waals surface area contributed by atoms with E-state index in [-0.39, 0.29) is 23.7 Å². The van der Waals surface area contributed by atoms with Crippen LogP contribution in [-0.4, -0.2) is 60.7 Å². The van der Waals surface area contributed by atoms with Crippen LogP contribution in [0.3, 0.4) is 0 Å². The maximum absolute atomic E-state index is 12.8. The van der Waals surface area contributed by atoms with Crippen molar-refractivity contribution >= 4 is 16.1 Å². The molecule has 9 heteroatoms. The molecule has 1 amide bonds. The van der Waals surface area contributed by atoms with Crippen LogP contribution in [0.4, 0.5) is 4.79 Å². The van der Waals surface area contributed by atoms with Crippen LogP contribution < -0.4 is 0 Å². The second-order valence-electron chi connectivity index (χ2n) is 6.88. The summed E-state index contributed by atoms with van der Waals surface area (Å²) in [6.45, 7) is 9.90. The maximum Gasteiger partial charge on any atom is 0.410 e. The topological polar surface area (TPSA) is 93.0 Å². The number of carbonyl (C=O) groups excluding carboxylic acids is 1. The standard InChI is InChI=1S/C15H25N3O5S/c1-11-13(12(2)23-16-11)24(20,21)18-8-6-7-17(9-10-18)14(19)22-15(3,4)5/h6-10H2,1-5H3. The zero-order valence-electron chi connectivity index (χ0n) is 14.8. The summed E-state index contributed by atoms with van der Waals surface area (Å²) < 4.78 is 37.4. The van der Waals surface area contributed by atoms with Gasteiger partial charge in [-0.3, -0.25) is 0 Å². The van der Waals surface area contributed by atoms with E-state index >= 15 is 0 Å². The Hall–Kier alpha value is -1.61. The van der Waals surface area contributed by atoms with E-state index in [0.29, 0.717) is 25.2 Å². The smallest absolute Gasteiger partial charge is 0.410 e. The molecule has 1 saturated heterocycles. The van der Waals surface area contributed by atoms with Crippen LogP contribution in [0.5, 0.6) is 0 Å². The number of amides is 1. The fourth-order valence-corrected chi connectivity index (χ4v) is 4.38. The highest BCUT2D eigenvalue weighted by Crippen LogP contribution is 2.24. The van der Waals surface area contributed by atoms with E-state index < -0.39 is 21.7 Å². The molecule has 0 N–H and O–H groups in total. The Labute approximate surface area is 142 Å². The summed E-state index contributed by atoms with van der Waals surface area (Å²) in [7, 11) is -3.69. The lowest BCUT2D eigenvalue weighted by Crippen LogP contribution is -2.40. The summed E-state index contributed by atoms with van der Waals surface area (Å²) in [4.78, 5) is 13.8. The molecule has 1 aromatic rings. The Morgan fingerprint density at radius 2 is 1.83 bits per heavy atom. The van der Waals surface area contributed by atoms with Crippen LogP contribution >= 0.6 is 0 Å². The van der Waals surface area contributed by atoms with Gasteiger partial charge in [-0.25, -0.2) is 13.2 Å². The van der Waals surface area contributed by atoms with Gasteiger partial charge in [0.25, 0.3) is 0 Å². The monoisotopic (exact) mass is 359 g/mol. The molecular weight excluding hydrogens is 334 g/mol. The zero-order chi connectivity index (χ0) is 18.1. The van der Waals surface area contributed by atoms with Gasteiger partial charge in [-0.15, -0.1) is 0 Å². The highest BCUT2D eigenvalue weighted by molar-refractivity contribution is 7.89. The van der Waals surface area contributed by atoms with Crippen LogP contribution in [0.25, 0.3) is 0 Å². The first-order valence-electron chi connectivity index (χ1n) is 7.93. The van der Waals surface area contributed by atoms with E-state index in [1.165, 1.54) is 4.31 Å². The van der Waals surface area contributed by atoms with Crippen molar-refractivity contribution in [2.45, 2.75) is 51.5 Å². The molecule has 1 aromatic heterocycles. The molecule has 0 saturated carbocycles. The fraction of sp³-hybridized carbons (Fsp3) is 0.733. The number of rotatable bonds is 2. The number of sulfonamides is 1. The van der Waals surface area contributed by atoms with Crippen LogP contribution in [0.15, 0.2) is 9.42 Å². The van der Waals surface area contributed by atoms with Gasteiger partial charge in [0.05, 0.1) is 0 Å². The fourth-order valence-electron chi connectivity index (χ4n) is 2.62. The molecule has 0 aliphatic carbocycles. The number of nitrogens with zero attached hydrogens (tertiary/aromatic N) is 3. The molecule has 136 valence electrons. The van der Waals surface area contributed by atoms with Crippen molar-refractivity contribution < 1.29 is 22.5 Å². The van der Waals surface area contributed by atoms with Gasteiger partial charge in [0.1, 0.15) is 16.2 Å². The van der Waals surface area contributed by atoms with Crippen molar-refractivity contribution in [3.05, 3.63) is 11.5 Å². The molecule has 0 unspecified atom stereocenters. The molecular formula is C15H25N3O5S. The number of carbonyl (C=O) groups is 1. The van der Waals surface area contributed by atoms with Crippen LogP contribution in [0, 0.1) is 13.8 Å². The second-order valence-corrected chi connectivity index (χ2v) is 8.75. The molecule has 1 aliphatic rings. The van der Waals surface area contributed by atoms with Crippen LogP contribution in [-0.2, 0) is 14.8 Å². The number of ether oxygens (including phenoxy) is 1. The Morgan fingerprint density at radius 1 is 1.17 bits per heavy atom. The zero-order valence-corrected chi connectivity index (χ0v) is 15.6. The molecule has 0 aromatic carbocycles. The van der Waals surface area contributed by atoms with Crippen molar-refractivity contribution in [2.75, 3.05) is 26.2 Å². The SMILES string of the molecule is Cc1noc(C)c1S(=O)(=O)N1CCCN(C(=O)OC(C)(C)C)CC1. The average molecular weight is 359 g/mol. The lowest BCUT2D eigenvalue weighted by molar-refractivity contribution is 0.0260. The van der Waals surface area contributed by atoms with E-state index in [1.807, 2.05) is 0 Å². The summed E-state index contributed by atoms with van der Waals surface area (Å²) in [5.74, 6) is 0.278. The first kappa shape index (κ1) is 18.7. The van der Waals surface area contributed by atoms with E-state index in [0.717, 1.165) is 0 Å². The van der Waals surface area contributed by atoms with Gasteiger partial charge >= 0.3 is 6.09 Å². The third-order valence-corrected chi connectivity index (χ3v) is 5.82. The van der Waals surface area contributed by atoms with Crippen LogP contribution in [0.2, 0.25) is 0 Å². The minimum atomic E-state index is -3.69. The van der Waals surface area contributed by atoms with Gasteiger partial charge in [0.15, 0.2) is 5.76 Å². The number of aromatic nitrogens is 1. The van der Waals surface area contributed by atoms with Crippen molar-refractivity contribution in [3.63, 3.8) is 0 Å². The summed E-state index contributed by atoms with van der Waals surface area (Å²) in [6, 6.07) is 0. The van der Waals surface area contributed by atoms with Gasteiger partial charge in [0, 0.05) is 26.2 Å². The number of aryl methyl sites for hydroxylation is 2. The third-order valence-electron chi connectivity index (χ3n) is 3.67. The van der Waals surface area contributed by atoms with Gasteiger partial charge in [0.2, 0.25) is 10.0 Å². The summed E-state index contributed by atoms with van der Waals surface area (Å²) in [5, 5.41) is 3.72. The van der Waals surface area contributed by atoms with Gasteiger partial charge in [-0.05, 0) is 41.0 Å². The molecule has 1 aliphatic heterocycles. The summed E-state index contributed by atoms with van der Waals surface area (Å²) in [6.07, 6.45) is 0.126. The molecule has 24 heavy (non-hydrogen) atoms. The molecule has 0 spiro atoms. The maximum atomic E-state index is 12.8. The summed E-state index contributed by atoms with van der Waals surface area (Å²) in [5.41, 5.74) is -0.230. The Balaban J connectivity index is 2.12. The normalized spacial score (nSPS) is 17.6.